The standard InChI is InChI=1S/C21H22BrNO4/c1-2-6-18-19(20(24)26-14-16-9-11-17(22)12-10-16)23(21(25)27-18)13-15-7-4-3-5-8-15/h3-5,7-12,18-19H,2,6,13-14H2,1H3/t18-,19+/m0/s1. The number of hydrogen-bond acceptors (Lipinski definition) is 4. The Morgan fingerprint density at radius 2 is 1.81 bits per heavy atom. The molecular formula is C21H22BrNO4. The van der Waals surface area contributed by atoms with Crippen molar-refractivity contribution < 1.29 is 19.1 Å². The lowest BCUT2D eigenvalue weighted by Crippen LogP contribution is -2.43. The predicted molar refractivity (Wildman–Crippen MR) is 105 cm³/mol. The van der Waals surface area contributed by atoms with Crippen LogP contribution in [0.25, 0.3) is 0 Å². The molecule has 1 saturated heterocycles. The summed E-state index contributed by atoms with van der Waals surface area (Å²) in [6, 6.07) is 16.4. The lowest BCUT2D eigenvalue weighted by atomic mass is 10.1. The number of rotatable bonds is 7. The van der Waals surface area contributed by atoms with E-state index in [1.54, 1.807) is 0 Å². The molecule has 6 heteroatoms. The van der Waals surface area contributed by atoms with Gasteiger partial charge in [0.1, 0.15) is 12.7 Å². The molecule has 2 atom stereocenters. The molecule has 0 spiro atoms. The molecule has 0 aliphatic carbocycles. The van der Waals surface area contributed by atoms with Crippen molar-refractivity contribution in [1.82, 2.24) is 4.90 Å². The molecule has 5 nitrogen and oxygen atoms in total. The number of nitrogens with zero attached hydrogens (tertiary/aromatic N) is 1. The third-order valence-corrected chi connectivity index (χ3v) is 5.01. The van der Waals surface area contributed by atoms with Crippen LogP contribution in [0.5, 0.6) is 0 Å². The van der Waals surface area contributed by atoms with Gasteiger partial charge >= 0.3 is 12.1 Å². The number of carbonyl (C=O) groups is 2. The minimum absolute atomic E-state index is 0.162. The van der Waals surface area contributed by atoms with Crippen molar-refractivity contribution in [3.8, 4) is 0 Å². The minimum atomic E-state index is -0.729. The van der Waals surface area contributed by atoms with Crippen LogP contribution >= 0.6 is 15.9 Å². The Balaban J connectivity index is 1.72. The van der Waals surface area contributed by atoms with Gasteiger partial charge in [-0.2, -0.15) is 0 Å². The SMILES string of the molecule is CCC[C@@H]1OC(=O)N(Cc2ccccc2)[C@H]1C(=O)OCc1ccc(Br)cc1. The first-order valence-corrected chi connectivity index (χ1v) is 9.80. The predicted octanol–water partition coefficient (Wildman–Crippen LogP) is 4.68. The van der Waals surface area contributed by atoms with E-state index < -0.39 is 24.2 Å². The van der Waals surface area contributed by atoms with Gasteiger partial charge in [-0.15, -0.1) is 0 Å². The highest BCUT2D eigenvalue weighted by molar-refractivity contribution is 9.10. The van der Waals surface area contributed by atoms with E-state index in [9.17, 15) is 9.59 Å². The van der Waals surface area contributed by atoms with Crippen LogP contribution in [0.2, 0.25) is 0 Å². The fraction of sp³-hybridized carbons (Fsp3) is 0.333. The monoisotopic (exact) mass is 431 g/mol. The van der Waals surface area contributed by atoms with Crippen LogP contribution in [0.3, 0.4) is 0 Å². The van der Waals surface area contributed by atoms with E-state index in [0.29, 0.717) is 13.0 Å². The molecule has 0 bridgehead atoms. The Labute approximate surface area is 167 Å². The minimum Gasteiger partial charge on any atom is -0.459 e. The molecule has 0 radical (unpaired) electrons. The van der Waals surface area contributed by atoms with Crippen molar-refractivity contribution >= 4 is 28.0 Å². The zero-order chi connectivity index (χ0) is 19.2. The summed E-state index contributed by atoms with van der Waals surface area (Å²) in [5.41, 5.74) is 1.83. The first-order valence-electron chi connectivity index (χ1n) is 9.00. The zero-order valence-corrected chi connectivity index (χ0v) is 16.7. The molecule has 0 saturated carbocycles. The summed E-state index contributed by atoms with van der Waals surface area (Å²) >= 11 is 3.38. The van der Waals surface area contributed by atoms with Crippen LogP contribution in [0, 0.1) is 0 Å². The molecule has 0 N–H and O–H groups in total. The summed E-state index contributed by atoms with van der Waals surface area (Å²) in [5.74, 6) is -0.432. The van der Waals surface area contributed by atoms with Gasteiger partial charge in [-0.05, 0) is 29.7 Å². The van der Waals surface area contributed by atoms with E-state index >= 15 is 0 Å². The summed E-state index contributed by atoms with van der Waals surface area (Å²) < 4.78 is 11.9. The average molecular weight is 432 g/mol. The number of amides is 1. The Morgan fingerprint density at radius 3 is 2.48 bits per heavy atom. The van der Waals surface area contributed by atoms with E-state index in [4.69, 9.17) is 9.47 Å². The maximum Gasteiger partial charge on any atom is 0.411 e. The lowest BCUT2D eigenvalue weighted by molar-refractivity contribution is -0.151. The van der Waals surface area contributed by atoms with Crippen molar-refractivity contribution in [1.29, 1.82) is 0 Å². The van der Waals surface area contributed by atoms with Gasteiger partial charge in [0.2, 0.25) is 0 Å². The molecule has 142 valence electrons. The second-order valence-corrected chi connectivity index (χ2v) is 7.42. The number of esters is 1. The van der Waals surface area contributed by atoms with Crippen LogP contribution in [0.4, 0.5) is 4.79 Å². The van der Waals surface area contributed by atoms with Crippen molar-refractivity contribution in [2.45, 2.75) is 45.1 Å². The maximum atomic E-state index is 12.8. The van der Waals surface area contributed by atoms with Crippen LogP contribution < -0.4 is 0 Å². The maximum absolute atomic E-state index is 12.8. The fourth-order valence-corrected chi connectivity index (χ4v) is 3.38. The van der Waals surface area contributed by atoms with Crippen LogP contribution in [-0.4, -0.2) is 29.1 Å². The number of carbonyl (C=O) groups excluding carboxylic acids is 2. The van der Waals surface area contributed by atoms with Gasteiger partial charge < -0.3 is 9.47 Å². The third-order valence-electron chi connectivity index (χ3n) is 4.48. The normalized spacial score (nSPS) is 19.0. The highest BCUT2D eigenvalue weighted by atomic mass is 79.9. The third kappa shape index (κ3) is 4.89. The molecule has 1 aliphatic rings. The molecule has 0 aromatic heterocycles. The summed E-state index contributed by atoms with van der Waals surface area (Å²) in [4.78, 5) is 26.7. The number of ether oxygens (including phenoxy) is 2. The Hall–Kier alpha value is -2.34. The van der Waals surface area contributed by atoms with E-state index in [1.807, 2.05) is 61.5 Å². The first kappa shape index (κ1) is 19.4. The number of hydrogen-bond donors (Lipinski definition) is 0. The summed E-state index contributed by atoms with van der Waals surface area (Å²) in [6.45, 7) is 2.48. The summed E-state index contributed by atoms with van der Waals surface area (Å²) in [5, 5.41) is 0. The van der Waals surface area contributed by atoms with Crippen molar-refractivity contribution in [2.75, 3.05) is 0 Å². The topological polar surface area (TPSA) is 55.8 Å². The van der Waals surface area contributed by atoms with E-state index in [0.717, 1.165) is 22.0 Å². The molecule has 1 aliphatic heterocycles. The summed E-state index contributed by atoms with van der Waals surface area (Å²) in [7, 11) is 0. The quantitative estimate of drug-likeness (QED) is 0.597. The van der Waals surface area contributed by atoms with E-state index in [2.05, 4.69) is 15.9 Å². The molecule has 1 amide bonds. The first-order chi connectivity index (χ1) is 13.1. The van der Waals surface area contributed by atoms with Gasteiger partial charge in [-0.1, -0.05) is 71.7 Å². The number of cyclic esters (lactones) is 1. The Bertz CT molecular complexity index is 779. The average Bonchev–Trinajstić information content (AvgIpc) is 2.97. The zero-order valence-electron chi connectivity index (χ0n) is 15.1. The van der Waals surface area contributed by atoms with E-state index in [1.165, 1.54) is 4.90 Å². The second-order valence-electron chi connectivity index (χ2n) is 6.50. The second kappa shape index (κ2) is 9.04. The van der Waals surface area contributed by atoms with Gasteiger partial charge in [-0.25, -0.2) is 9.59 Å². The van der Waals surface area contributed by atoms with Crippen molar-refractivity contribution in [3.05, 3.63) is 70.2 Å². The molecule has 27 heavy (non-hydrogen) atoms. The van der Waals surface area contributed by atoms with Crippen LogP contribution in [0.15, 0.2) is 59.1 Å². The van der Waals surface area contributed by atoms with E-state index in [-0.39, 0.29) is 6.61 Å². The van der Waals surface area contributed by atoms with Gasteiger partial charge in [0, 0.05) is 4.47 Å². The largest absolute Gasteiger partial charge is 0.459 e. The lowest BCUT2D eigenvalue weighted by Gasteiger charge is -2.23. The number of halogens is 1. The molecule has 1 heterocycles. The van der Waals surface area contributed by atoms with Gasteiger partial charge in [0.05, 0.1) is 6.54 Å². The summed E-state index contributed by atoms with van der Waals surface area (Å²) in [6.07, 6.45) is 0.481. The highest BCUT2D eigenvalue weighted by Gasteiger charge is 2.46. The Morgan fingerprint density at radius 1 is 1.11 bits per heavy atom. The molecule has 0 unspecified atom stereocenters. The van der Waals surface area contributed by atoms with Crippen LogP contribution in [-0.2, 0) is 27.4 Å². The van der Waals surface area contributed by atoms with Gasteiger partial charge in [-0.3, -0.25) is 4.90 Å². The number of benzene rings is 2. The van der Waals surface area contributed by atoms with Gasteiger partial charge in [0.25, 0.3) is 0 Å². The molecular weight excluding hydrogens is 410 g/mol. The molecule has 1 fully saturated rings. The smallest absolute Gasteiger partial charge is 0.411 e. The van der Waals surface area contributed by atoms with Gasteiger partial charge in [0.15, 0.2) is 6.04 Å². The molecule has 2 aromatic carbocycles. The Kier molecular flexibility index (Phi) is 6.50. The fourth-order valence-electron chi connectivity index (χ4n) is 3.12. The van der Waals surface area contributed by atoms with Crippen molar-refractivity contribution in [3.63, 3.8) is 0 Å². The highest BCUT2D eigenvalue weighted by Crippen LogP contribution is 2.26. The molecule has 2 aromatic rings. The molecule has 3 rings (SSSR count). The van der Waals surface area contributed by atoms with Crippen LogP contribution in [0.1, 0.15) is 30.9 Å². The van der Waals surface area contributed by atoms with Crippen molar-refractivity contribution in [2.24, 2.45) is 0 Å².